The first kappa shape index (κ1) is 17.2. The summed E-state index contributed by atoms with van der Waals surface area (Å²) in [4.78, 5) is 40.5. The van der Waals surface area contributed by atoms with E-state index in [1.807, 2.05) is 0 Å². The minimum Gasteiger partial charge on any atom is -0.496 e. The maximum Gasteiger partial charge on any atom is 0.257 e. The molecule has 0 unspecified atom stereocenters. The number of piperazine rings is 2. The molecule has 2 fully saturated rings. The van der Waals surface area contributed by atoms with Crippen LogP contribution in [0.3, 0.4) is 0 Å². The van der Waals surface area contributed by atoms with Crippen molar-refractivity contribution in [3.05, 3.63) is 29.8 Å². The van der Waals surface area contributed by atoms with Crippen molar-refractivity contribution in [1.29, 1.82) is 0 Å². The number of carbonyl (C=O) groups excluding carboxylic acids is 3. The average Bonchev–Trinajstić information content (AvgIpc) is 2.63. The maximum absolute atomic E-state index is 12.8. The standard InChI is InChI=1S/C17H21N3O5/c1-10(21)14-17(24)20-8-7-19(9-12(20)15(22)18-14)16(23)11-5-3-4-6-13(11)25-2/h3-6,10,12,14,21H,7-9H2,1-2H3,(H,18,22)/t10-,12-,14+/m1/s1. The van der Waals surface area contributed by atoms with Crippen LogP contribution >= 0.6 is 0 Å². The van der Waals surface area contributed by atoms with Gasteiger partial charge in [-0.1, -0.05) is 12.1 Å². The summed E-state index contributed by atoms with van der Waals surface area (Å²) in [6.07, 6.45) is -0.967. The van der Waals surface area contributed by atoms with E-state index in [1.54, 1.807) is 29.2 Å². The molecule has 0 saturated carbocycles. The molecule has 0 bridgehead atoms. The Balaban J connectivity index is 1.78. The van der Waals surface area contributed by atoms with Gasteiger partial charge < -0.3 is 25.0 Å². The van der Waals surface area contributed by atoms with Crippen LogP contribution in [0.15, 0.2) is 24.3 Å². The molecule has 0 aliphatic carbocycles. The molecule has 2 heterocycles. The number of nitrogens with zero attached hydrogens (tertiary/aromatic N) is 2. The lowest BCUT2D eigenvalue weighted by Gasteiger charge is -2.45. The molecule has 134 valence electrons. The number of aliphatic hydroxyl groups excluding tert-OH is 1. The number of benzene rings is 1. The van der Waals surface area contributed by atoms with Crippen molar-refractivity contribution in [1.82, 2.24) is 15.1 Å². The SMILES string of the molecule is COc1ccccc1C(=O)N1CCN2C(=O)[C@H]([C@@H](C)O)NC(=O)[C@H]2C1. The van der Waals surface area contributed by atoms with E-state index < -0.39 is 18.2 Å². The van der Waals surface area contributed by atoms with Crippen molar-refractivity contribution in [2.24, 2.45) is 0 Å². The van der Waals surface area contributed by atoms with E-state index in [1.165, 1.54) is 18.9 Å². The van der Waals surface area contributed by atoms with Gasteiger partial charge in [0.25, 0.3) is 5.91 Å². The lowest BCUT2D eigenvalue weighted by Crippen LogP contribution is -2.71. The third-order valence-corrected chi connectivity index (χ3v) is 4.64. The maximum atomic E-state index is 12.8. The van der Waals surface area contributed by atoms with Crippen molar-refractivity contribution in [2.45, 2.75) is 25.1 Å². The Kier molecular flexibility index (Phi) is 4.63. The lowest BCUT2D eigenvalue weighted by atomic mass is 10.0. The molecule has 0 spiro atoms. The molecule has 2 saturated heterocycles. The van der Waals surface area contributed by atoms with E-state index in [0.717, 1.165) is 0 Å². The van der Waals surface area contributed by atoms with Gasteiger partial charge in [-0.25, -0.2) is 0 Å². The molecule has 0 aromatic heterocycles. The minimum absolute atomic E-state index is 0.112. The van der Waals surface area contributed by atoms with Gasteiger partial charge in [0.05, 0.1) is 25.3 Å². The number of nitrogens with one attached hydrogen (secondary N) is 1. The first-order valence-electron chi connectivity index (χ1n) is 8.15. The van der Waals surface area contributed by atoms with Crippen LogP contribution in [-0.4, -0.2) is 77.6 Å². The quantitative estimate of drug-likeness (QED) is 0.748. The van der Waals surface area contributed by atoms with E-state index >= 15 is 0 Å². The van der Waals surface area contributed by atoms with Gasteiger partial charge in [-0.3, -0.25) is 14.4 Å². The van der Waals surface area contributed by atoms with Gasteiger partial charge in [-0.05, 0) is 19.1 Å². The summed E-state index contributed by atoms with van der Waals surface area (Å²) in [5.41, 5.74) is 0.419. The zero-order valence-corrected chi connectivity index (χ0v) is 14.1. The fourth-order valence-electron chi connectivity index (χ4n) is 3.26. The molecule has 3 rings (SSSR count). The smallest absolute Gasteiger partial charge is 0.257 e. The number of aliphatic hydroxyl groups is 1. The van der Waals surface area contributed by atoms with Gasteiger partial charge in [0.2, 0.25) is 11.8 Å². The van der Waals surface area contributed by atoms with E-state index in [9.17, 15) is 19.5 Å². The van der Waals surface area contributed by atoms with Gasteiger partial charge in [0.15, 0.2) is 0 Å². The largest absolute Gasteiger partial charge is 0.496 e. The molecule has 8 heteroatoms. The van der Waals surface area contributed by atoms with Gasteiger partial charge in [-0.15, -0.1) is 0 Å². The Morgan fingerprint density at radius 2 is 2.04 bits per heavy atom. The summed E-state index contributed by atoms with van der Waals surface area (Å²) in [5, 5.41) is 12.2. The highest BCUT2D eigenvalue weighted by Gasteiger charge is 2.45. The van der Waals surface area contributed by atoms with Gasteiger partial charge >= 0.3 is 0 Å². The Morgan fingerprint density at radius 1 is 1.32 bits per heavy atom. The van der Waals surface area contributed by atoms with Crippen molar-refractivity contribution in [3.63, 3.8) is 0 Å². The van der Waals surface area contributed by atoms with Gasteiger partial charge in [0, 0.05) is 13.1 Å². The van der Waals surface area contributed by atoms with E-state index in [-0.39, 0.29) is 30.8 Å². The highest BCUT2D eigenvalue weighted by atomic mass is 16.5. The molecule has 8 nitrogen and oxygen atoms in total. The molecule has 2 aliphatic heterocycles. The fraction of sp³-hybridized carbons (Fsp3) is 0.471. The zero-order valence-electron chi connectivity index (χ0n) is 14.1. The van der Waals surface area contributed by atoms with Crippen LogP contribution in [0, 0.1) is 0 Å². The minimum atomic E-state index is -0.967. The Hall–Kier alpha value is -2.61. The molecule has 2 aliphatic rings. The van der Waals surface area contributed by atoms with Crippen molar-refractivity contribution in [2.75, 3.05) is 26.7 Å². The number of carbonyl (C=O) groups is 3. The van der Waals surface area contributed by atoms with Crippen molar-refractivity contribution < 1.29 is 24.2 Å². The summed E-state index contributed by atoms with van der Waals surface area (Å²) >= 11 is 0. The lowest BCUT2D eigenvalue weighted by molar-refractivity contribution is -0.155. The number of rotatable bonds is 3. The molecular weight excluding hydrogens is 326 g/mol. The van der Waals surface area contributed by atoms with Crippen molar-refractivity contribution in [3.8, 4) is 5.75 Å². The molecule has 3 amide bonds. The average molecular weight is 347 g/mol. The van der Waals surface area contributed by atoms with Crippen LogP contribution in [0.1, 0.15) is 17.3 Å². The van der Waals surface area contributed by atoms with Crippen LogP contribution in [0.25, 0.3) is 0 Å². The normalized spacial score (nSPS) is 24.4. The second-order valence-electron chi connectivity index (χ2n) is 6.23. The summed E-state index contributed by atoms with van der Waals surface area (Å²) in [5.74, 6) is -0.449. The first-order valence-corrected chi connectivity index (χ1v) is 8.15. The van der Waals surface area contributed by atoms with E-state index in [4.69, 9.17) is 4.74 Å². The van der Waals surface area contributed by atoms with Crippen molar-refractivity contribution >= 4 is 17.7 Å². The summed E-state index contributed by atoms with van der Waals surface area (Å²) < 4.78 is 5.22. The van der Waals surface area contributed by atoms with Crippen LogP contribution < -0.4 is 10.1 Å². The Bertz CT molecular complexity index is 705. The van der Waals surface area contributed by atoms with Crippen LogP contribution in [-0.2, 0) is 9.59 Å². The molecule has 0 radical (unpaired) electrons. The number of hydrogen-bond acceptors (Lipinski definition) is 5. The van der Waals surface area contributed by atoms with Gasteiger partial charge in [-0.2, -0.15) is 0 Å². The third kappa shape index (κ3) is 3.05. The van der Waals surface area contributed by atoms with E-state index in [0.29, 0.717) is 17.9 Å². The number of amides is 3. The number of methoxy groups -OCH3 is 1. The Labute approximate surface area is 145 Å². The zero-order chi connectivity index (χ0) is 18.1. The highest BCUT2D eigenvalue weighted by molar-refractivity contribution is 6.00. The first-order chi connectivity index (χ1) is 11.9. The number of para-hydroxylation sites is 1. The molecule has 3 atom stereocenters. The monoisotopic (exact) mass is 347 g/mol. The molecule has 25 heavy (non-hydrogen) atoms. The molecule has 1 aromatic carbocycles. The fourth-order valence-corrected chi connectivity index (χ4v) is 3.26. The van der Waals surface area contributed by atoms with Gasteiger partial charge in [0.1, 0.15) is 17.8 Å². The second-order valence-corrected chi connectivity index (χ2v) is 6.23. The highest BCUT2D eigenvalue weighted by Crippen LogP contribution is 2.23. The second kappa shape index (κ2) is 6.72. The predicted octanol–water partition coefficient (Wildman–Crippen LogP) is -0.773. The number of fused-ring (bicyclic) bond motifs is 1. The summed E-state index contributed by atoms with van der Waals surface area (Å²) in [7, 11) is 1.49. The molecule has 1 aromatic rings. The van der Waals surface area contributed by atoms with Crippen LogP contribution in [0.4, 0.5) is 0 Å². The predicted molar refractivity (Wildman–Crippen MR) is 88.0 cm³/mol. The topological polar surface area (TPSA) is 99.2 Å². The van der Waals surface area contributed by atoms with E-state index in [2.05, 4.69) is 5.32 Å². The molecular formula is C17H21N3O5. The third-order valence-electron chi connectivity index (χ3n) is 4.64. The number of hydrogen-bond donors (Lipinski definition) is 2. The molecule has 2 N–H and O–H groups in total. The Morgan fingerprint density at radius 3 is 2.72 bits per heavy atom. The summed E-state index contributed by atoms with van der Waals surface area (Å²) in [6, 6.07) is 5.22. The summed E-state index contributed by atoms with van der Waals surface area (Å²) in [6.45, 7) is 2.14. The van der Waals surface area contributed by atoms with Crippen LogP contribution in [0.5, 0.6) is 5.75 Å². The van der Waals surface area contributed by atoms with Crippen LogP contribution in [0.2, 0.25) is 0 Å². The number of ether oxygens (including phenoxy) is 1.